The lowest BCUT2D eigenvalue weighted by Crippen LogP contribution is -2.12. The van der Waals surface area contributed by atoms with Crippen molar-refractivity contribution in [1.82, 2.24) is 9.55 Å². The number of hydrogen-bond donors (Lipinski definition) is 1. The van der Waals surface area contributed by atoms with Crippen LogP contribution in [0.15, 0.2) is 17.6 Å². The van der Waals surface area contributed by atoms with E-state index < -0.39 is 5.97 Å². The van der Waals surface area contributed by atoms with Gasteiger partial charge in [0.15, 0.2) is 0 Å². The van der Waals surface area contributed by atoms with Crippen molar-refractivity contribution in [3.05, 3.63) is 39.1 Å². The molecule has 0 bridgehead atoms. The highest BCUT2D eigenvalue weighted by atomic mass is 35.5. The van der Waals surface area contributed by atoms with Crippen LogP contribution in [0.1, 0.15) is 34.2 Å². The fraction of sp³-hybridized carbons (Fsp3) is 0.273. The molecule has 1 unspecified atom stereocenters. The zero-order chi connectivity index (χ0) is 12.6. The fourth-order valence-electron chi connectivity index (χ4n) is 1.62. The molecule has 1 atom stereocenters. The first-order chi connectivity index (χ1) is 7.99. The molecule has 2 heterocycles. The number of hydrogen-bond acceptors (Lipinski definition) is 3. The van der Waals surface area contributed by atoms with E-state index in [1.807, 2.05) is 19.2 Å². The van der Waals surface area contributed by atoms with Gasteiger partial charge in [-0.1, -0.05) is 11.6 Å². The van der Waals surface area contributed by atoms with Gasteiger partial charge in [0, 0.05) is 17.3 Å². The summed E-state index contributed by atoms with van der Waals surface area (Å²) in [6.07, 6.45) is 1.62. The Balaban J connectivity index is 2.43. The molecule has 0 spiro atoms. The molecule has 0 fully saturated rings. The van der Waals surface area contributed by atoms with Crippen molar-refractivity contribution in [3.8, 4) is 0 Å². The zero-order valence-corrected chi connectivity index (χ0v) is 10.9. The molecule has 17 heavy (non-hydrogen) atoms. The molecular formula is C11H11ClN2O2S. The quantitative estimate of drug-likeness (QED) is 0.932. The van der Waals surface area contributed by atoms with Gasteiger partial charge in [-0.25, -0.2) is 9.78 Å². The lowest BCUT2D eigenvalue weighted by Gasteiger charge is -2.12. The number of aryl methyl sites for hydroxylation is 1. The Bertz CT molecular complexity index is 562. The highest BCUT2D eigenvalue weighted by Gasteiger charge is 2.19. The Morgan fingerprint density at radius 2 is 2.35 bits per heavy atom. The number of carboxylic acid groups (broad SMARTS) is 1. The van der Waals surface area contributed by atoms with Crippen molar-refractivity contribution in [2.75, 3.05) is 0 Å². The Labute approximate surface area is 107 Å². The predicted octanol–water partition coefficient (Wildman–Crippen LogP) is 3.21. The van der Waals surface area contributed by atoms with Crippen molar-refractivity contribution >= 4 is 28.9 Å². The third kappa shape index (κ3) is 2.35. The molecule has 0 radical (unpaired) electrons. The number of halogens is 1. The number of carboxylic acids is 1. The van der Waals surface area contributed by atoms with E-state index in [4.69, 9.17) is 16.7 Å². The first-order valence-corrected chi connectivity index (χ1v) is 6.27. The summed E-state index contributed by atoms with van der Waals surface area (Å²) in [5.41, 5.74) is 1.11. The second-order valence-electron chi connectivity index (χ2n) is 3.76. The summed E-state index contributed by atoms with van der Waals surface area (Å²) in [5, 5.41) is 12.3. The van der Waals surface area contributed by atoms with Gasteiger partial charge in [0.25, 0.3) is 0 Å². The monoisotopic (exact) mass is 270 g/mol. The number of aromatic carboxylic acids is 1. The van der Waals surface area contributed by atoms with Gasteiger partial charge < -0.3 is 9.67 Å². The van der Waals surface area contributed by atoms with E-state index in [1.54, 1.807) is 10.8 Å². The summed E-state index contributed by atoms with van der Waals surface area (Å²) in [5.74, 6) is -0.989. The molecule has 0 aliphatic heterocycles. The van der Waals surface area contributed by atoms with Gasteiger partial charge in [-0.3, -0.25) is 0 Å². The van der Waals surface area contributed by atoms with Crippen molar-refractivity contribution in [2.45, 2.75) is 19.9 Å². The van der Waals surface area contributed by atoms with Crippen molar-refractivity contribution in [1.29, 1.82) is 0 Å². The van der Waals surface area contributed by atoms with E-state index >= 15 is 0 Å². The molecule has 2 aromatic rings. The molecule has 4 nitrogen and oxygen atoms in total. The van der Waals surface area contributed by atoms with E-state index in [0.29, 0.717) is 5.02 Å². The highest BCUT2D eigenvalue weighted by molar-refractivity contribution is 7.09. The standard InChI is InChI=1S/C11H11ClN2O2S/c1-6-5-17-10(13-6)7(2)14-4-8(12)3-9(14)11(15)16/h3-5,7H,1-2H3,(H,15,16). The van der Waals surface area contributed by atoms with Crippen molar-refractivity contribution in [2.24, 2.45) is 0 Å². The summed E-state index contributed by atoms with van der Waals surface area (Å²) in [6.45, 7) is 3.81. The van der Waals surface area contributed by atoms with Gasteiger partial charge in [-0.15, -0.1) is 11.3 Å². The van der Waals surface area contributed by atoms with Gasteiger partial charge in [0.2, 0.25) is 0 Å². The maximum absolute atomic E-state index is 11.1. The minimum atomic E-state index is -0.989. The third-order valence-electron chi connectivity index (χ3n) is 2.45. The summed E-state index contributed by atoms with van der Waals surface area (Å²) in [4.78, 5) is 15.4. The second kappa shape index (κ2) is 4.50. The van der Waals surface area contributed by atoms with Gasteiger partial charge in [-0.05, 0) is 19.9 Å². The average Bonchev–Trinajstić information content (AvgIpc) is 2.83. The maximum Gasteiger partial charge on any atom is 0.352 e. The average molecular weight is 271 g/mol. The van der Waals surface area contributed by atoms with E-state index in [0.717, 1.165) is 10.7 Å². The molecule has 0 saturated carbocycles. The first kappa shape index (κ1) is 12.1. The molecule has 2 rings (SSSR count). The number of nitrogens with zero attached hydrogens (tertiary/aromatic N) is 2. The summed E-state index contributed by atoms with van der Waals surface area (Å²) < 4.78 is 1.63. The van der Waals surface area contributed by atoms with E-state index in [2.05, 4.69) is 4.98 Å². The van der Waals surface area contributed by atoms with Crippen LogP contribution in [0.25, 0.3) is 0 Å². The van der Waals surface area contributed by atoms with Crippen molar-refractivity contribution in [3.63, 3.8) is 0 Å². The normalized spacial score (nSPS) is 12.6. The van der Waals surface area contributed by atoms with Crippen LogP contribution in [0, 0.1) is 6.92 Å². The fourth-order valence-corrected chi connectivity index (χ4v) is 2.68. The Hall–Kier alpha value is -1.33. The van der Waals surface area contributed by atoms with Gasteiger partial charge in [-0.2, -0.15) is 0 Å². The number of thiazole rings is 1. The minimum absolute atomic E-state index is 0.132. The first-order valence-electron chi connectivity index (χ1n) is 5.01. The summed E-state index contributed by atoms with van der Waals surface area (Å²) in [6, 6.07) is 1.31. The molecule has 2 aromatic heterocycles. The largest absolute Gasteiger partial charge is 0.477 e. The molecule has 0 aliphatic rings. The van der Waals surface area contributed by atoms with E-state index in [1.165, 1.54) is 17.4 Å². The van der Waals surface area contributed by atoms with E-state index in [-0.39, 0.29) is 11.7 Å². The minimum Gasteiger partial charge on any atom is -0.477 e. The van der Waals surface area contributed by atoms with Crippen LogP contribution in [0.2, 0.25) is 5.02 Å². The Morgan fingerprint density at radius 1 is 1.65 bits per heavy atom. The van der Waals surface area contributed by atoms with Crippen LogP contribution < -0.4 is 0 Å². The molecule has 0 aromatic carbocycles. The van der Waals surface area contributed by atoms with Crippen LogP contribution >= 0.6 is 22.9 Å². The predicted molar refractivity (Wildman–Crippen MR) is 67.1 cm³/mol. The number of carbonyl (C=O) groups is 1. The van der Waals surface area contributed by atoms with Crippen LogP contribution in [-0.4, -0.2) is 20.6 Å². The zero-order valence-electron chi connectivity index (χ0n) is 9.35. The third-order valence-corrected chi connectivity index (χ3v) is 3.79. The van der Waals surface area contributed by atoms with Crippen LogP contribution in [0.3, 0.4) is 0 Å². The second-order valence-corrected chi connectivity index (χ2v) is 5.09. The lowest BCUT2D eigenvalue weighted by molar-refractivity contribution is 0.0684. The van der Waals surface area contributed by atoms with Crippen LogP contribution in [-0.2, 0) is 0 Å². The Kier molecular flexibility index (Phi) is 3.22. The number of aromatic nitrogens is 2. The van der Waals surface area contributed by atoms with E-state index in [9.17, 15) is 4.79 Å². The topological polar surface area (TPSA) is 55.1 Å². The van der Waals surface area contributed by atoms with Gasteiger partial charge in [0.1, 0.15) is 10.7 Å². The molecule has 0 amide bonds. The van der Waals surface area contributed by atoms with Crippen LogP contribution in [0.4, 0.5) is 0 Å². The molecule has 6 heteroatoms. The molecule has 0 saturated heterocycles. The molecular weight excluding hydrogens is 260 g/mol. The summed E-state index contributed by atoms with van der Waals surface area (Å²) in [7, 11) is 0. The number of rotatable bonds is 3. The maximum atomic E-state index is 11.1. The smallest absolute Gasteiger partial charge is 0.352 e. The van der Waals surface area contributed by atoms with Gasteiger partial charge >= 0.3 is 5.97 Å². The highest BCUT2D eigenvalue weighted by Crippen LogP contribution is 2.26. The van der Waals surface area contributed by atoms with Crippen molar-refractivity contribution < 1.29 is 9.90 Å². The molecule has 0 aliphatic carbocycles. The SMILES string of the molecule is Cc1csc(C(C)n2cc(Cl)cc2C(=O)O)n1. The lowest BCUT2D eigenvalue weighted by atomic mass is 10.3. The summed E-state index contributed by atoms with van der Waals surface area (Å²) >= 11 is 7.36. The van der Waals surface area contributed by atoms with Gasteiger partial charge in [0.05, 0.1) is 11.1 Å². The van der Waals surface area contributed by atoms with Crippen LogP contribution in [0.5, 0.6) is 0 Å². The molecule has 90 valence electrons. The molecule has 1 N–H and O–H groups in total. The Morgan fingerprint density at radius 3 is 2.88 bits per heavy atom.